The average molecular weight is 418 g/mol. The third-order valence-corrected chi connectivity index (χ3v) is 5.70. The van der Waals surface area contributed by atoms with E-state index in [2.05, 4.69) is 19.9 Å². The van der Waals surface area contributed by atoms with Gasteiger partial charge in [-0.25, -0.2) is 9.78 Å². The Morgan fingerprint density at radius 1 is 1.06 bits per heavy atom. The van der Waals surface area contributed by atoms with Gasteiger partial charge >= 0.3 is 5.69 Å². The van der Waals surface area contributed by atoms with Crippen molar-refractivity contribution < 1.29 is 4.74 Å². The minimum absolute atomic E-state index is 0.0262. The summed E-state index contributed by atoms with van der Waals surface area (Å²) in [5, 5.41) is 0.946. The van der Waals surface area contributed by atoms with Crippen molar-refractivity contribution in [2.24, 2.45) is 0 Å². The molecule has 2 aromatic heterocycles. The van der Waals surface area contributed by atoms with Gasteiger partial charge in [0, 0.05) is 11.4 Å². The number of nitrogens with zero attached hydrogens (tertiary/aromatic N) is 3. The van der Waals surface area contributed by atoms with Crippen LogP contribution >= 0.6 is 0 Å². The molecule has 0 unspecified atom stereocenters. The first-order chi connectivity index (χ1) is 15.0. The van der Waals surface area contributed by atoms with Crippen LogP contribution in [0.15, 0.2) is 53.5 Å². The molecule has 162 valence electrons. The topological polar surface area (TPSA) is 49.1 Å². The summed E-state index contributed by atoms with van der Waals surface area (Å²) in [4.78, 5) is 18.2. The first-order valence-electron chi connectivity index (χ1n) is 11.3. The van der Waals surface area contributed by atoms with Crippen LogP contribution in [-0.2, 0) is 0 Å². The van der Waals surface area contributed by atoms with Gasteiger partial charge in [0.05, 0.1) is 29.5 Å². The van der Waals surface area contributed by atoms with E-state index in [1.54, 1.807) is 0 Å². The second kappa shape index (κ2) is 8.96. The number of imidazole rings is 1. The molecule has 5 nitrogen and oxygen atoms in total. The Kier molecular flexibility index (Phi) is 6.12. The second-order valence-corrected chi connectivity index (χ2v) is 8.48. The lowest BCUT2D eigenvalue weighted by Gasteiger charge is -2.12. The highest BCUT2D eigenvalue weighted by Gasteiger charge is 2.21. The molecule has 0 saturated carbocycles. The van der Waals surface area contributed by atoms with Crippen molar-refractivity contribution in [2.75, 3.05) is 6.61 Å². The number of aryl methyl sites for hydroxylation is 1. The van der Waals surface area contributed by atoms with Gasteiger partial charge in [0.1, 0.15) is 11.3 Å². The van der Waals surface area contributed by atoms with E-state index in [9.17, 15) is 4.79 Å². The zero-order chi connectivity index (χ0) is 22.0. The van der Waals surface area contributed by atoms with E-state index >= 15 is 0 Å². The van der Waals surface area contributed by atoms with Crippen LogP contribution in [0.3, 0.4) is 0 Å². The van der Waals surface area contributed by atoms with Gasteiger partial charge in [0.25, 0.3) is 0 Å². The van der Waals surface area contributed by atoms with E-state index in [0.29, 0.717) is 6.61 Å². The van der Waals surface area contributed by atoms with Crippen LogP contribution in [0.5, 0.6) is 5.75 Å². The fourth-order valence-corrected chi connectivity index (χ4v) is 4.24. The summed E-state index contributed by atoms with van der Waals surface area (Å²) >= 11 is 0. The maximum atomic E-state index is 13.5. The molecule has 0 saturated heterocycles. The molecule has 0 spiro atoms. The molecule has 0 aliphatic heterocycles. The molecule has 0 N–H and O–H groups in total. The minimum Gasteiger partial charge on any atom is -0.491 e. The number of aromatic nitrogens is 3. The number of pyridine rings is 1. The van der Waals surface area contributed by atoms with Crippen LogP contribution in [-0.4, -0.2) is 20.7 Å². The third-order valence-electron chi connectivity index (χ3n) is 5.70. The van der Waals surface area contributed by atoms with Crippen molar-refractivity contribution in [3.05, 3.63) is 64.7 Å². The number of para-hydroxylation sites is 1. The molecule has 31 heavy (non-hydrogen) atoms. The molecule has 4 rings (SSSR count). The second-order valence-electron chi connectivity index (χ2n) is 8.48. The van der Waals surface area contributed by atoms with Gasteiger partial charge in [-0.1, -0.05) is 44.4 Å². The molecule has 5 heteroatoms. The van der Waals surface area contributed by atoms with Gasteiger partial charge in [-0.05, 0) is 57.0 Å². The molecular formula is C26H31N3O2. The molecule has 4 aromatic rings. The number of rotatable bonds is 8. The summed E-state index contributed by atoms with van der Waals surface area (Å²) in [5.41, 5.74) is 4.43. The highest BCUT2D eigenvalue weighted by atomic mass is 16.5. The first-order valence-corrected chi connectivity index (χ1v) is 11.3. The smallest absolute Gasteiger partial charge is 0.334 e. The predicted octanol–water partition coefficient (Wildman–Crippen LogP) is 6.19. The Morgan fingerprint density at radius 3 is 2.55 bits per heavy atom. The zero-order valence-electron chi connectivity index (χ0n) is 18.9. The van der Waals surface area contributed by atoms with E-state index in [1.807, 2.05) is 65.6 Å². The molecule has 2 aromatic carbocycles. The third kappa shape index (κ3) is 3.97. The van der Waals surface area contributed by atoms with Crippen LogP contribution in [0, 0.1) is 6.92 Å². The fourth-order valence-electron chi connectivity index (χ4n) is 4.24. The van der Waals surface area contributed by atoms with E-state index < -0.39 is 0 Å². The van der Waals surface area contributed by atoms with Crippen LogP contribution in [0.1, 0.15) is 58.1 Å². The highest BCUT2D eigenvalue weighted by Crippen LogP contribution is 2.33. The van der Waals surface area contributed by atoms with Crippen molar-refractivity contribution in [1.29, 1.82) is 0 Å². The number of unbranched alkanes of at least 4 members (excludes halogenated alkanes) is 3. The van der Waals surface area contributed by atoms with Gasteiger partial charge in [-0.2, -0.15) is 0 Å². The number of ether oxygens (including phenoxy) is 1. The largest absolute Gasteiger partial charge is 0.491 e. The average Bonchev–Trinajstić information content (AvgIpc) is 3.06. The Bertz CT molecular complexity index is 1250. The summed E-state index contributed by atoms with van der Waals surface area (Å²) in [5.74, 6) is 0.790. The SMILES string of the molecule is CCCCCCOc1cc(C)cc2c1ncc1c2n(-c2ccccc2)c(=O)n1C(C)C. The van der Waals surface area contributed by atoms with Gasteiger partial charge in [0.2, 0.25) is 0 Å². The number of hydrogen-bond acceptors (Lipinski definition) is 3. The molecule has 0 aliphatic carbocycles. The molecule has 0 atom stereocenters. The molecule has 0 bridgehead atoms. The summed E-state index contributed by atoms with van der Waals surface area (Å²) < 4.78 is 9.80. The van der Waals surface area contributed by atoms with Gasteiger partial charge < -0.3 is 4.74 Å². The molecule has 2 heterocycles. The molecule has 0 fully saturated rings. The molecular weight excluding hydrogens is 386 g/mol. The molecule has 0 radical (unpaired) electrons. The number of hydrogen-bond donors (Lipinski definition) is 0. The van der Waals surface area contributed by atoms with Crippen molar-refractivity contribution >= 4 is 21.9 Å². The minimum atomic E-state index is -0.0472. The predicted molar refractivity (Wildman–Crippen MR) is 128 cm³/mol. The summed E-state index contributed by atoms with van der Waals surface area (Å²) in [6.45, 7) is 9.01. The van der Waals surface area contributed by atoms with Crippen molar-refractivity contribution in [2.45, 2.75) is 59.4 Å². The summed E-state index contributed by atoms with van der Waals surface area (Å²) in [7, 11) is 0. The quantitative estimate of drug-likeness (QED) is 0.321. The standard InChI is InChI=1S/C26H31N3O2/c1-5-6-7-11-14-31-23-16-19(4)15-21-24(23)27-17-22-25(21)29(20-12-9-8-10-13-20)26(30)28(22)18(2)3/h8-10,12-13,15-18H,5-7,11,14H2,1-4H3. The van der Waals surface area contributed by atoms with E-state index in [0.717, 1.165) is 45.4 Å². The Hall–Kier alpha value is -3.08. The number of benzene rings is 2. The van der Waals surface area contributed by atoms with Gasteiger partial charge in [-0.15, -0.1) is 0 Å². The normalized spacial score (nSPS) is 11.6. The number of fused-ring (bicyclic) bond motifs is 3. The van der Waals surface area contributed by atoms with E-state index in [1.165, 1.54) is 19.3 Å². The maximum absolute atomic E-state index is 13.5. The Morgan fingerprint density at radius 2 is 1.84 bits per heavy atom. The zero-order valence-corrected chi connectivity index (χ0v) is 18.9. The van der Waals surface area contributed by atoms with Crippen LogP contribution in [0.4, 0.5) is 0 Å². The van der Waals surface area contributed by atoms with Crippen LogP contribution in [0.25, 0.3) is 27.6 Å². The van der Waals surface area contributed by atoms with E-state index in [-0.39, 0.29) is 11.7 Å². The Balaban J connectivity index is 1.94. The van der Waals surface area contributed by atoms with Crippen molar-refractivity contribution in [3.63, 3.8) is 0 Å². The van der Waals surface area contributed by atoms with Crippen LogP contribution in [0.2, 0.25) is 0 Å². The van der Waals surface area contributed by atoms with Crippen molar-refractivity contribution in [3.8, 4) is 11.4 Å². The highest BCUT2D eigenvalue weighted by molar-refractivity contribution is 6.05. The molecule has 0 amide bonds. The lowest BCUT2D eigenvalue weighted by Crippen LogP contribution is -2.24. The summed E-state index contributed by atoms with van der Waals surface area (Å²) in [6.07, 6.45) is 6.45. The van der Waals surface area contributed by atoms with Crippen LogP contribution < -0.4 is 10.4 Å². The molecule has 0 aliphatic rings. The van der Waals surface area contributed by atoms with Gasteiger partial charge in [-0.3, -0.25) is 9.13 Å². The fraction of sp³-hybridized carbons (Fsp3) is 0.385. The maximum Gasteiger partial charge on any atom is 0.334 e. The monoisotopic (exact) mass is 417 g/mol. The summed E-state index contributed by atoms with van der Waals surface area (Å²) in [6, 6.07) is 14.0. The van der Waals surface area contributed by atoms with E-state index in [4.69, 9.17) is 9.72 Å². The van der Waals surface area contributed by atoms with Gasteiger partial charge in [0.15, 0.2) is 0 Å². The lowest BCUT2D eigenvalue weighted by molar-refractivity contribution is 0.308. The Labute approximate surface area is 183 Å². The first kappa shape index (κ1) is 21.2. The van der Waals surface area contributed by atoms with Crippen molar-refractivity contribution in [1.82, 2.24) is 14.1 Å². The lowest BCUT2D eigenvalue weighted by atomic mass is 10.1.